The lowest BCUT2D eigenvalue weighted by Gasteiger charge is -2.32. The molecule has 2 N–H and O–H groups in total. The fourth-order valence-corrected chi connectivity index (χ4v) is 6.00. The molecule has 40 heavy (non-hydrogen) atoms. The topological polar surface area (TPSA) is 154 Å². The van der Waals surface area contributed by atoms with Crippen LogP contribution in [0.15, 0.2) is 18.2 Å². The van der Waals surface area contributed by atoms with Crippen LogP contribution in [0, 0.1) is 11.8 Å². The van der Waals surface area contributed by atoms with Gasteiger partial charge in [0.1, 0.15) is 6.04 Å². The SMILES string of the molecule is O=C1CCC(N2C(=O)c3ccc(C(=O)N4CCC(COCCC5CCN(C(=O)O)CC5)CC4)cc3C2=O)C(=O)N1. The maximum Gasteiger partial charge on any atom is 0.407 e. The molecule has 1 atom stereocenters. The van der Waals surface area contributed by atoms with Crippen LogP contribution in [0.1, 0.15) is 76.0 Å². The Hall–Kier alpha value is -3.80. The molecule has 5 rings (SSSR count). The molecule has 12 heteroatoms. The number of likely N-dealkylation sites (tertiary alicyclic amines) is 2. The van der Waals surface area contributed by atoms with E-state index in [-0.39, 0.29) is 29.9 Å². The van der Waals surface area contributed by atoms with Crippen molar-refractivity contribution in [2.24, 2.45) is 11.8 Å². The summed E-state index contributed by atoms with van der Waals surface area (Å²) in [6, 6.07) is 3.38. The van der Waals surface area contributed by atoms with Gasteiger partial charge in [0.2, 0.25) is 11.8 Å². The summed E-state index contributed by atoms with van der Waals surface area (Å²) in [6.07, 6.45) is 3.53. The molecule has 0 aliphatic carbocycles. The van der Waals surface area contributed by atoms with Crippen LogP contribution in [0.2, 0.25) is 0 Å². The third-order valence-electron chi connectivity index (χ3n) is 8.50. The van der Waals surface area contributed by atoms with Crippen molar-refractivity contribution in [3.8, 4) is 0 Å². The molecule has 3 saturated heterocycles. The van der Waals surface area contributed by atoms with E-state index >= 15 is 0 Å². The van der Waals surface area contributed by atoms with Crippen LogP contribution in [0.4, 0.5) is 4.79 Å². The summed E-state index contributed by atoms with van der Waals surface area (Å²) >= 11 is 0. The zero-order chi connectivity index (χ0) is 28.4. The van der Waals surface area contributed by atoms with Gasteiger partial charge in [0.15, 0.2) is 0 Å². The number of carbonyl (C=O) groups excluding carboxylic acids is 5. The van der Waals surface area contributed by atoms with E-state index in [1.807, 2.05) is 0 Å². The summed E-state index contributed by atoms with van der Waals surface area (Å²) in [4.78, 5) is 78.0. The highest BCUT2D eigenvalue weighted by Gasteiger charge is 2.45. The van der Waals surface area contributed by atoms with Crippen molar-refractivity contribution in [1.82, 2.24) is 20.0 Å². The number of hydrogen-bond donors (Lipinski definition) is 2. The second-order valence-corrected chi connectivity index (χ2v) is 11.0. The van der Waals surface area contributed by atoms with Crippen LogP contribution >= 0.6 is 0 Å². The predicted molar refractivity (Wildman–Crippen MR) is 139 cm³/mol. The number of nitrogens with zero attached hydrogens (tertiary/aromatic N) is 3. The zero-order valence-corrected chi connectivity index (χ0v) is 22.3. The first-order valence-electron chi connectivity index (χ1n) is 13.9. The minimum absolute atomic E-state index is 0.0442. The van der Waals surface area contributed by atoms with E-state index in [1.54, 1.807) is 4.90 Å². The first-order chi connectivity index (χ1) is 19.2. The third kappa shape index (κ3) is 5.72. The molecule has 12 nitrogen and oxygen atoms in total. The van der Waals surface area contributed by atoms with Crippen molar-refractivity contribution in [2.45, 2.75) is 51.0 Å². The number of benzene rings is 1. The monoisotopic (exact) mass is 554 g/mol. The Morgan fingerprint density at radius 1 is 0.875 bits per heavy atom. The number of carboxylic acid groups (broad SMARTS) is 1. The molecule has 1 aromatic carbocycles. The first kappa shape index (κ1) is 27.8. The molecular formula is C28H34N4O8. The molecule has 0 bridgehead atoms. The molecular weight excluding hydrogens is 520 g/mol. The lowest BCUT2D eigenvalue weighted by molar-refractivity contribution is -0.136. The van der Waals surface area contributed by atoms with Crippen LogP contribution in [-0.4, -0.2) is 101 Å². The second kappa shape index (κ2) is 11.7. The van der Waals surface area contributed by atoms with Crippen LogP contribution < -0.4 is 5.32 Å². The first-order valence-corrected chi connectivity index (χ1v) is 13.9. The van der Waals surface area contributed by atoms with Crippen LogP contribution in [0.5, 0.6) is 0 Å². The predicted octanol–water partition coefficient (Wildman–Crippen LogP) is 1.74. The average Bonchev–Trinajstić information content (AvgIpc) is 3.20. The number of amides is 6. The van der Waals surface area contributed by atoms with Crippen molar-refractivity contribution in [1.29, 1.82) is 0 Å². The lowest BCUT2D eigenvalue weighted by Crippen LogP contribution is -2.54. The van der Waals surface area contributed by atoms with E-state index in [9.17, 15) is 28.8 Å². The molecule has 214 valence electrons. The maximum atomic E-state index is 13.2. The molecule has 6 amide bonds. The van der Waals surface area contributed by atoms with E-state index in [2.05, 4.69) is 5.32 Å². The molecule has 4 aliphatic rings. The van der Waals surface area contributed by atoms with Gasteiger partial charge in [-0.05, 0) is 68.6 Å². The van der Waals surface area contributed by atoms with Gasteiger partial charge in [-0.25, -0.2) is 4.79 Å². The molecule has 0 spiro atoms. The van der Waals surface area contributed by atoms with E-state index < -0.39 is 35.8 Å². The quantitative estimate of drug-likeness (QED) is 0.382. The number of hydrogen-bond acceptors (Lipinski definition) is 7. The summed E-state index contributed by atoms with van der Waals surface area (Å²) in [5, 5.41) is 11.2. The Labute approximate surface area is 231 Å². The number of nitrogens with one attached hydrogen (secondary N) is 1. The summed E-state index contributed by atoms with van der Waals surface area (Å²) in [5.41, 5.74) is 0.556. The van der Waals surface area contributed by atoms with Gasteiger partial charge in [-0.2, -0.15) is 0 Å². The fraction of sp³-hybridized carbons (Fsp3) is 0.571. The Bertz CT molecular complexity index is 1220. The van der Waals surface area contributed by atoms with Crippen LogP contribution in [0.3, 0.4) is 0 Å². The van der Waals surface area contributed by atoms with Gasteiger partial charge >= 0.3 is 6.09 Å². The van der Waals surface area contributed by atoms with Crippen LogP contribution in [0.25, 0.3) is 0 Å². The largest absolute Gasteiger partial charge is 0.465 e. The minimum Gasteiger partial charge on any atom is -0.465 e. The minimum atomic E-state index is -1.05. The van der Waals surface area contributed by atoms with Gasteiger partial charge in [-0.15, -0.1) is 0 Å². The molecule has 1 aromatic rings. The third-order valence-corrected chi connectivity index (χ3v) is 8.50. The smallest absolute Gasteiger partial charge is 0.407 e. The van der Waals surface area contributed by atoms with Gasteiger partial charge in [0.25, 0.3) is 17.7 Å². The standard InChI is InChI=1S/C28H34N4O8/c33-23-4-3-22(24(34)29-23)32-26(36)20-2-1-19(15-21(20)27(32)37)25(35)30-10-7-18(8-11-30)16-40-14-9-17-5-12-31(13-6-17)28(38)39/h1-2,15,17-18,22H,3-14,16H2,(H,38,39)(H,29,33,34). The van der Waals surface area contributed by atoms with Gasteiger partial charge in [0, 0.05) is 51.4 Å². The molecule has 3 fully saturated rings. The normalized spacial score (nSPS) is 22.5. The number of ether oxygens (including phenoxy) is 1. The van der Waals surface area contributed by atoms with E-state index in [4.69, 9.17) is 9.84 Å². The van der Waals surface area contributed by atoms with Gasteiger partial charge < -0.3 is 19.6 Å². The second-order valence-electron chi connectivity index (χ2n) is 11.0. The highest BCUT2D eigenvalue weighted by atomic mass is 16.5. The number of fused-ring (bicyclic) bond motifs is 1. The highest BCUT2D eigenvalue weighted by molar-refractivity contribution is 6.24. The van der Waals surface area contributed by atoms with E-state index in [0.717, 1.165) is 37.0 Å². The Kier molecular flexibility index (Phi) is 8.15. The summed E-state index contributed by atoms with van der Waals surface area (Å²) in [6.45, 7) is 3.56. The lowest BCUT2D eigenvalue weighted by atomic mass is 9.94. The zero-order valence-electron chi connectivity index (χ0n) is 22.3. The molecule has 4 heterocycles. The molecule has 4 aliphatic heterocycles. The summed E-state index contributed by atoms with van der Waals surface area (Å²) in [7, 11) is 0. The molecule has 0 aromatic heterocycles. The van der Waals surface area contributed by atoms with Crippen LogP contribution in [-0.2, 0) is 14.3 Å². The maximum absolute atomic E-state index is 13.2. The van der Waals surface area contributed by atoms with Crippen molar-refractivity contribution in [3.63, 3.8) is 0 Å². The summed E-state index contributed by atoms with van der Waals surface area (Å²) < 4.78 is 5.92. The number of piperidine rings is 3. The van der Waals surface area contributed by atoms with Gasteiger partial charge in [-0.1, -0.05) is 0 Å². The van der Waals surface area contributed by atoms with Gasteiger partial charge in [0.05, 0.1) is 11.1 Å². The van der Waals surface area contributed by atoms with Crippen molar-refractivity contribution < 1.29 is 38.6 Å². The Balaban J connectivity index is 1.08. The molecule has 0 radical (unpaired) electrons. The Morgan fingerprint density at radius 3 is 2.20 bits per heavy atom. The fourth-order valence-electron chi connectivity index (χ4n) is 6.00. The van der Waals surface area contributed by atoms with Crippen molar-refractivity contribution in [3.05, 3.63) is 34.9 Å². The molecule has 0 saturated carbocycles. The number of imide groups is 2. The Morgan fingerprint density at radius 2 is 1.52 bits per heavy atom. The van der Waals surface area contributed by atoms with Crippen molar-refractivity contribution in [2.75, 3.05) is 39.4 Å². The number of rotatable bonds is 7. The van der Waals surface area contributed by atoms with E-state index in [1.165, 1.54) is 23.1 Å². The molecule has 1 unspecified atom stereocenters. The highest BCUT2D eigenvalue weighted by Crippen LogP contribution is 2.29. The van der Waals surface area contributed by atoms with E-state index in [0.29, 0.717) is 56.8 Å². The van der Waals surface area contributed by atoms with Gasteiger partial charge in [-0.3, -0.25) is 34.2 Å². The number of carbonyl (C=O) groups is 6. The average molecular weight is 555 g/mol. The summed E-state index contributed by atoms with van der Waals surface area (Å²) in [5.74, 6) is -1.71. The van der Waals surface area contributed by atoms with Crippen molar-refractivity contribution >= 4 is 35.6 Å².